The molecule has 0 radical (unpaired) electrons. The number of aliphatic hydroxyl groups excluding tert-OH is 2. The topological polar surface area (TPSA) is 246 Å². The highest BCUT2D eigenvalue weighted by molar-refractivity contribution is 7.70. The summed E-state index contributed by atoms with van der Waals surface area (Å²) >= 11 is 0. The highest BCUT2D eigenvalue weighted by Crippen LogP contribution is 2.55. The number of nitrogens with zero attached hydrogens (tertiary/aromatic N) is 4. The summed E-state index contributed by atoms with van der Waals surface area (Å²) in [6.07, 6.45) is 0.882. The molecule has 6 N–H and O–H groups in total. The average Bonchev–Trinajstić information content (AvgIpc) is 3.46. The van der Waals surface area contributed by atoms with Crippen LogP contribution in [-0.4, -0.2) is 135 Å². The van der Waals surface area contributed by atoms with Crippen LogP contribution in [-0.2, 0) is 37.3 Å². The van der Waals surface area contributed by atoms with E-state index in [0.29, 0.717) is 69.8 Å². The van der Waals surface area contributed by atoms with E-state index in [1.807, 2.05) is 0 Å². The summed E-state index contributed by atoms with van der Waals surface area (Å²) in [7, 11) is -9.53. The first-order valence-electron chi connectivity index (χ1n) is 13.1. The van der Waals surface area contributed by atoms with E-state index in [-0.39, 0.29) is 12.3 Å². The third-order valence-corrected chi connectivity index (χ3v) is 9.24. The zero-order valence-corrected chi connectivity index (χ0v) is 25.2. The van der Waals surface area contributed by atoms with Crippen molar-refractivity contribution in [3.8, 4) is 12.3 Å². The summed E-state index contributed by atoms with van der Waals surface area (Å²) in [5.74, 6) is 1.80. The smallest absolute Gasteiger partial charge is 0.340 e. The van der Waals surface area contributed by atoms with E-state index in [9.17, 15) is 24.2 Å². The van der Waals surface area contributed by atoms with E-state index in [1.165, 1.54) is 10.9 Å². The molecular formula is C23H37N5O13P2. The van der Waals surface area contributed by atoms with Gasteiger partial charge in [0, 0.05) is 6.54 Å². The van der Waals surface area contributed by atoms with Gasteiger partial charge in [0.25, 0.3) is 0 Å². The Morgan fingerprint density at radius 3 is 2.26 bits per heavy atom. The molecule has 242 valence electrons. The number of nitrogens with one attached hydrogen (secondary N) is 1. The van der Waals surface area contributed by atoms with E-state index < -0.39 is 52.2 Å². The summed E-state index contributed by atoms with van der Waals surface area (Å²) in [6, 6.07) is 0. The quantitative estimate of drug-likeness (QED) is 0.0582. The number of hydrogen-bond donors (Lipinski definition) is 6. The van der Waals surface area contributed by atoms with Crippen molar-refractivity contribution in [2.45, 2.75) is 31.5 Å². The van der Waals surface area contributed by atoms with Crippen molar-refractivity contribution < 1.29 is 62.2 Å². The average molecular weight is 654 g/mol. The highest BCUT2D eigenvalue weighted by Gasteiger charge is 2.46. The fourth-order valence-corrected chi connectivity index (χ4v) is 6.49. The van der Waals surface area contributed by atoms with Gasteiger partial charge in [-0.1, -0.05) is 5.92 Å². The van der Waals surface area contributed by atoms with Crippen LogP contribution in [0.1, 0.15) is 12.1 Å². The van der Waals surface area contributed by atoms with Crippen LogP contribution >= 0.6 is 15.2 Å². The molecule has 0 aliphatic carbocycles. The molecule has 2 aromatic rings. The van der Waals surface area contributed by atoms with Gasteiger partial charge >= 0.3 is 15.2 Å². The Morgan fingerprint density at radius 2 is 1.63 bits per heavy atom. The fourth-order valence-electron chi connectivity index (χ4n) is 3.92. The minimum absolute atomic E-state index is 0.257. The molecule has 1 aliphatic rings. The van der Waals surface area contributed by atoms with Gasteiger partial charge in [-0.15, -0.1) is 6.42 Å². The van der Waals surface area contributed by atoms with E-state index in [2.05, 4.69) is 26.3 Å². The van der Waals surface area contributed by atoms with Gasteiger partial charge in [-0.25, -0.2) is 14.6 Å². The molecule has 18 nitrogen and oxygen atoms in total. The van der Waals surface area contributed by atoms with Crippen LogP contribution in [0, 0.1) is 19.3 Å². The predicted molar refractivity (Wildman–Crippen MR) is 149 cm³/mol. The van der Waals surface area contributed by atoms with Crippen LogP contribution in [0.5, 0.6) is 0 Å². The number of anilines is 1. The Hall–Kier alpha value is -2.07. The van der Waals surface area contributed by atoms with Gasteiger partial charge in [0.05, 0.1) is 64.4 Å². The van der Waals surface area contributed by atoms with Crippen molar-refractivity contribution >= 4 is 32.0 Å². The van der Waals surface area contributed by atoms with Crippen LogP contribution in [0.3, 0.4) is 0 Å². The number of terminal acetylenes is 1. The van der Waals surface area contributed by atoms with E-state index >= 15 is 0 Å². The molecule has 0 spiro atoms. The van der Waals surface area contributed by atoms with Crippen molar-refractivity contribution in [2.24, 2.45) is 0 Å². The molecule has 3 rings (SSSR count). The van der Waals surface area contributed by atoms with Crippen molar-refractivity contribution in [1.29, 1.82) is 0 Å². The van der Waals surface area contributed by atoms with Gasteiger partial charge in [0.2, 0.25) is 0 Å². The van der Waals surface area contributed by atoms with Gasteiger partial charge < -0.3 is 58.4 Å². The molecule has 1 fully saturated rings. The number of hydrogen-bond acceptors (Lipinski definition) is 14. The molecule has 20 heteroatoms. The number of ether oxygens (including phenoxy) is 5. The van der Waals surface area contributed by atoms with Crippen LogP contribution in [0.25, 0.3) is 11.0 Å². The molecule has 3 heterocycles. The molecule has 43 heavy (non-hydrogen) atoms. The third kappa shape index (κ3) is 11.4. The first-order chi connectivity index (χ1) is 20.4. The Kier molecular flexibility index (Phi) is 13.9. The molecule has 0 saturated carbocycles. The van der Waals surface area contributed by atoms with E-state index in [4.69, 9.17) is 44.4 Å². The van der Waals surface area contributed by atoms with Crippen molar-refractivity contribution in [3.05, 3.63) is 12.0 Å². The van der Waals surface area contributed by atoms with Gasteiger partial charge in [0.1, 0.15) is 36.6 Å². The standard InChI is InChI=1S/C23H37N5O13P2/c1-3-5-36-7-9-38-11-12-39-10-8-37-6-4-24-21-17-13-25-28(22(17)27-16(2)26-21)23-20(30)19(29)18(41-23)14-40-43(34,35)15-42(31,32)33/h1,13,18-20,23,29-30H,4-12,14-15H2,2H3,(H,34,35)(H,24,26,27)(H2,31,32,33)/t18-,19-,20-,23-/m1/s1. The molecule has 1 saturated heterocycles. The zero-order chi connectivity index (χ0) is 31.5. The van der Waals surface area contributed by atoms with Gasteiger partial charge in [0.15, 0.2) is 17.8 Å². The van der Waals surface area contributed by atoms with Gasteiger partial charge in [-0.3, -0.25) is 9.13 Å². The zero-order valence-electron chi connectivity index (χ0n) is 23.4. The summed E-state index contributed by atoms with van der Waals surface area (Å²) in [5.41, 5.74) is 0.279. The minimum Gasteiger partial charge on any atom is -0.387 e. The Bertz CT molecular complexity index is 1300. The number of aromatic nitrogens is 4. The first-order valence-corrected chi connectivity index (χ1v) is 16.7. The molecule has 5 atom stereocenters. The highest BCUT2D eigenvalue weighted by atomic mass is 31.2. The maximum absolute atomic E-state index is 11.9. The number of fused-ring (bicyclic) bond motifs is 1. The maximum Gasteiger partial charge on any atom is 0.340 e. The Balaban J connectivity index is 1.46. The SMILES string of the molecule is C#CCOCCOCCOCCOCCNc1nc(C)nc2c1cnn2[C@@H]1O[C@H](COP(=O)(O)CP(=O)(O)O)[C@@H](O)[C@H]1O. The number of aryl methyl sites for hydroxylation is 1. The molecule has 1 aliphatic heterocycles. The van der Waals surface area contributed by atoms with Gasteiger partial charge in [-0.2, -0.15) is 5.10 Å². The number of rotatable bonds is 20. The lowest BCUT2D eigenvalue weighted by molar-refractivity contribution is -0.0541. The van der Waals surface area contributed by atoms with Crippen LogP contribution in [0.2, 0.25) is 0 Å². The molecule has 0 amide bonds. The second-order valence-electron chi connectivity index (χ2n) is 9.25. The van der Waals surface area contributed by atoms with Crippen molar-refractivity contribution in [2.75, 3.05) is 77.2 Å². The van der Waals surface area contributed by atoms with Crippen molar-refractivity contribution in [3.63, 3.8) is 0 Å². The Labute approximate surface area is 247 Å². The van der Waals surface area contributed by atoms with E-state index in [0.717, 1.165) is 0 Å². The predicted octanol–water partition coefficient (Wildman–Crippen LogP) is -0.797. The lowest BCUT2D eigenvalue weighted by Crippen LogP contribution is -2.33. The summed E-state index contributed by atoms with van der Waals surface area (Å²) in [6.45, 7) is 4.41. The second-order valence-corrected chi connectivity index (χ2v) is 13.2. The molecule has 0 bridgehead atoms. The lowest BCUT2D eigenvalue weighted by Gasteiger charge is -2.18. The fraction of sp³-hybridized carbons (Fsp3) is 0.696. The molecule has 2 aromatic heterocycles. The summed E-state index contributed by atoms with van der Waals surface area (Å²) in [5, 5.41) is 28.9. The normalized spacial score (nSPS) is 22.1. The minimum atomic E-state index is -4.84. The molecule has 0 aromatic carbocycles. The van der Waals surface area contributed by atoms with Crippen LogP contribution in [0.15, 0.2) is 6.20 Å². The first kappa shape index (κ1) is 35.4. The molecular weight excluding hydrogens is 616 g/mol. The summed E-state index contributed by atoms with van der Waals surface area (Å²) < 4.78 is 56.0. The third-order valence-electron chi connectivity index (χ3n) is 5.79. The van der Waals surface area contributed by atoms with E-state index in [1.54, 1.807) is 6.92 Å². The Morgan fingerprint density at radius 1 is 1.00 bits per heavy atom. The maximum atomic E-state index is 11.9. The summed E-state index contributed by atoms with van der Waals surface area (Å²) in [4.78, 5) is 36.3. The lowest BCUT2D eigenvalue weighted by atomic mass is 10.1. The van der Waals surface area contributed by atoms with Crippen LogP contribution in [0.4, 0.5) is 5.82 Å². The second kappa shape index (κ2) is 16.8. The van der Waals surface area contributed by atoms with Crippen LogP contribution < -0.4 is 5.32 Å². The van der Waals surface area contributed by atoms with Gasteiger partial charge in [-0.05, 0) is 6.92 Å². The number of aliphatic hydroxyl groups is 2. The molecule has 1 unspecified atom stereocenters. The largest absolute Gasteiger partial charge is 0.387 e. The monoisotopic (exact) mass is 653 g/mol. The van der Waals surface area contributed by atoms with Crippen molar-refractivity contribution in [1.82, 2.24) is 19.7 Å².